The molecule has 0 saturated carbocycles. The molecule has 0 aliphatic heterocycles. The van der Waals surface area contributed by atoms with Crippen LogP contribution in [0.3, 0.4) is 0 Å². The first-order valence-electron chi connectivity index (χ1n) is 8.55. The van der Waals surface area contributed by atoms with E-state index >= 15 is 0 Å². The highest BCUT2D eigenvalue weighted by atomic mass is 35.5. The van der Waals surface area contributed by atoms with Crippen molar-refractivity contribution in [3.05, 3.63) is 82.9 Å². The lowest BCUT2D eigenvalue weighted by Gasteiger charge is -2.10. The second kappa shape index (κ2) is 8.65. The van der Waals surface area contributed by atoms with Crippen LogP contribution in [0.2, 0.25) is 5.02 Å². The summed E-state index contributed by atoms with van der Waals surface area (Å²) >= 11 is 11.4. The van der Waals surface area contributed by atoms with Crippen molar-refractivity contribution in [2.45, 2.75) is 26.6 Å². The van der Waals surface area contributed by atoms with Gasteiger partial charge in [0.1, 0.15) is 0 Å². The van der Waals surface area contributed by atoms with Gasteiger partial charge in [-0.25, -0.2) is 0 Å². The van der Waals surface area contributed by atoms with Crippen LogP contribution in [-0.2, 0) is 5.75 Å². The van der Waals surface area contributed by atoms with E-state index in [1.54, 1.807) is 34.9 Å². The zero-order valence-corrected chi connectivity index (χ0v) is 17.8. The van der Waals surface area contributed by atoms with Crippen molar-refractivity contribution < 1.29 is 0 Å². The molecule has 1 unspecified atom stereocenters. The molecule has 0 spiro atoms. The van der Waals surface area contributed by atoms with Crippen LogP contribution in [0.4, 0.5) is 0 Å². The van der Waals surface area contributed by atoms with Gasteiger partial charge in [-0.15, -0.1) is 10.2 Å². The molecule has 4 aromatic rings. The van der Waals surface area contributed by atoms with E-state index in [1.807, 2.05) is 18.2 Å². The summed E-state index contributed by atoms with van der Waals surface area (Å²) in [7, 11) is 0. The minimum Gasteiger partial charge on any atom is -0.131 e. The summed E-state index contributed by atoms with van der Waals surface area (Å²) in [4.78, 5) is 0. The quantitative estimate of drug-likeness (QED) is 0.297. The van der Waals surface area contributed by atoms with Crippen LogP contribution in [0.25, 0.3) is 10.8 Å². The monoisotopic (exact) mass is 428 g/mol. The minimum absolute atomic E-state index is 0.238. The van der Waals surface area contributed by atoms with E-state index in [0.717, 1.165) is 25.0 Å². The van der Waals surface area contributed by atoms with Crippen LogP contribution in [-0.4, -0.2) is 10.2 Å². The molecule has 2 nitrogen and oxygen atoms in total. The molecule has 3 aromatic carbocycles. The zero-order chi connectivity index (χ0) is 18.6. The van der Waals surface area contributed by atoms with Gasteiger partial charge in [-0.3, -0.25) is 0 Å². The largest absolute Gasteiger partial charge is 0.175 e. The van der Waals surface area contributed by atoms with E-state index < -0.39 is 0 Å². The molecule has 0 radical (unpaired) electrons. The highest BCUT2D eigenvalue weighted by Gasteiger charge is 2.14. The van der Waals surface area contributed by atoms with E-state index in [4.69, 9.17) is 11.6 Å². The third kappa shape index (κ3) is 4.49. The van der Waals surface area contributed by atoms with Crippen molar-refractivity contribution in [3.63, 3.8) is 0 Å². The van der Waals surface area contributed by atoms with Gasteiger partial charge in [-0.1, -0.05) is 107 Å². The lowest BCUT2D eigenvalue weighted by atomic mass is 10.1. The normalized spacial score (nSPS) is 12.4. The first kappa shape index (κ1) is 18.8. The number of rotatable bonds is 6. The maximum atomic E-state index is 6.31. The Morgan fingerprint density at radius 1 is 0.926 bits per heavy atom. The second-order valence-corrected chi connectivity index (χ2v) is 10.2. The standard InChI is InChI=1S/C21H17ClN2S3/c1-14(17-10-4-5-12-19(17)22)26-21-24-23-20(27-21)25-13-16-9-6-8-15-7-2-3-11-18(15)16/h2-12,14H,13H2,1H3. The average Bonchev–Trinajstić information content (AvgIpc) is 3.14. The molecule has 0 aliphatic rings. The highest BCUT2D eigenvalue weighted by Crippen LogP contribution is 2.40. The molecule has 27 heavy (non-hydrogen) atoms. The fourth-order valence-electron chi connectivity index (χ4n) is 2.88. The molecule has 4 rings (SSSR count). The third-order valence-electron chi connectivity index (χ3n) is 4.24. The lowest BCUT2D eigenvalue weighted by molar-refractivity contribution is 0.949. The first-order chi connectivity index (χ1) is 13.2. The fourth-order valence-corrected chi connectivity index (χ4v) is 6.58. The molecule has 0 aliphatic carbocycles. The van der Waals surface area contributed by atoms with E-state index in [-0.39, 0.29) is 5.25 Å². The van der Waals surface area contributed by atoms with Crippen LogP contribution in [0.1, 0.15) is 23.3 Å². The fraction of sp³-hybridized carbons (Fsp3) is 0.143. The minimum atomic E-state index is 0.238. The van der Waals surface area contributed by atoms with E-state index in [2.05, 4.69) is 65.7 Å². The van der Waals surface area contributed by atoms with Gasteiger partial charge in [0.25, 0.3) is 0 Å². The van der Waals surface area contributed by atoms with Crippen LogP contribution in [0.15, 0.2) is 75.4 Å². The molecular formula is C21H17ClN2S3. The van der Waals surface area contributed by atoms with Gasteiger partial charge < -0.3 is 0 Å². The van der Waals surface area contributed by atoms with Crippen LogP contribution in [0, 0.1) is 0 Å². The number of benzene rings is 3. The molecule has 1 atom stereocenters. The lowest BCUT2D eigenvalue weighted by Crippen LogP contribution is -1.89. The van der Waals surface area contributed by atoms with Gasteiger partial charge in [0.2, 0.25) is 0 Å². The summed E-state index contributed by atoms with van der Waals surface area (Å²) in [5.41, 5.74) is 2.45. The SMILES string of the molecule is CC(Sc1nnc(SCc2cccc3ccccc23)s1)c1ccccc1Cl. The van der Waals surface area contributed by atoms with Gasteiger partial charge in [0, 0.05) is 16.0 Å². The Morgan fingerprint density at radius 2 is 1.67 bits per heavy atom. The number of thioether (sulfide) groups is 2. The Labute approximate surface area is 176 Å². The molecule has 0 fully saturated rings. The highest BCUT2D eigenvalue weighted by molar-refractivity contribution is 8.03. The molecule has 6 heteroatoms. The first-order valence-corrected chi connectivity index (χ1v) is 11.6. The molecule has 1 heterocycles. The van der Waals surface area contributed by atoms with Crippen LogP contribution in [0.5, 0.6) is 0 Å². The van der Waals surface area contributed by atoms with E-state index in [1.165, 1.54) is 16.3 Å². The predicted octanol–water partition coefficient (Wildman–Crippen LogP) is 7.49. The maximum absolute atomic E-state index is 6.31. The molecule has 136 valence electrons. The van der Waals surface area contributed by atoms with Crippen molar-refractivity contribution in [2.75, 3.05) is 0 Å². The zero-order valence-electron chi connectivity index (χ0n) is 14.6. The Bertz CT molecular complexity index is 1060. The van der Waals surface area contributed by atoms with Gasteiger partial charge in [-0.2, -0.15) is 0 Å². The Morgan fingerprint density at radius 3 is 2.56 bits per heavy atom. The Balaban J connectivity index is 1.43. The molecule has 1 aromatic heterocycles. The number of nitrogens with zero attached hydrogens (tertiary/aromatic N) is 2. The molecule has 0 N–H and O–H groups in total. The smallest absolute Gasteiger partial charge is 0.131 e. The predicted molar refractivity (Wildman–Crippen MR) is 119 cm³/mol. The Kier molecular flexibility index (Phi) is 6.03. The molecule has 0 bridgehead atoms. The number of halogens is 1. The Hall–Kier alpha value is -1.53. The third-order valence-corrected chi connectivity index (χ3v) is 7.91. The molecule has 0 saturated heterocycles. The van der Waals surface area contributed by atoms with E-state index in [9.17, 15) is 0 Å². The van der Waals surface area contributed by atoms with Crippen molar-refractivity contribution in [3.8, 4) is 0 Å². The van der Waals surface area contributed by atoms with Crippen molar-refractivity contribution in [1.82, 2.24) is 10.2 Å². The van der Waals surface area contributed by atoms with E-state index in [0.29, 0.717) is 0 Å². The van der Waals surface area contributed by atoms with Gasteiger partial charge in [0.15, 0.2) is 8.68 Å². The number of fused-ring (bicyclic) bond motifs is 1. The second-order valence-electron chi connectivity index (χ2n) is 6.04. The summed E-state index contributed by atoms with van der Waals surface area (Å²) in [6.45, 7) is 2.15. The molecular weight excluding hydrogens is 412 g/mol. The van der Waals surface area contributed by atoms with Crippen molar-refractivity contribution in [2.24, 2.45) is 0 Å². The summed E-state index contributed by atoms with van der Waals surface area (Å²) in [5, 5.41) is 12.3. The average molecular weight is 429 g/mol. The van der Waals surface area contributed by atoms with Crippen LogP contribution < -0.4 is 0 Å². The molecule has 0 amide bonds. The summed E-state index contributed by atoms with van der Waals surface area (Å²) in [6, 6.07) is 22.9. The number of hydrogen-bond donors (Lipinski definition) is 0. The number of hydrogen-bond acceptors (Lipinski definition) is 5. The maximum Gasteiger partial charge on any atom is 0.175 e. The number of aromatic nitrogens is 2. The van der Waals surface area contributed by atoms with Gasteiger partial charge in [-0.05, 0) is 34.9 Å². The summed E-state index contributed by atoms with van der Waals surface area (Å²) in [6.07, 6.45) is 0. The topological polar surface area (TPSA) is 25.8 Å². The van der Waals surface area contributed by atoms with Crippen molar-refractivity contribution >= 4 is 57.2 Å². The van der Waals surface area contributed by atoms with Gasteiger partial charge >= 0.3 is 0 Å². The summed E-state index contributed by atoms with van der Waals surface area (Å²) < 4.78 is 1.97. The van der Waals surface area contributed by atoms with Crippen LogP contribution >= 0.6 is 46.5 Å². The summed E-state index contributed by atoms with van der Waals surface area (Å²) in [5.74, 6) is 0.890. The van der Waals surface area contributed by atoms with Crippen molar-refractivity contribution in [1.29, 1.82) is 0 Å². The van der Waals surface area contributed by atoms with Gasteiger partial charge in [0.05, 0.1) is 0 Å².